The molecule has 0 aromatic rings. The predicted octanol–water partition coefficient (Wildman–Crippen LogP) is 6.52. The van der Waals surface area contributed by atoms with Gasteiger partial charge in [0.05, 0.1) is 6.61 Å². The summed E-state index contributed by atoms with van der Waals surface area (Å²) in [4.78, 5) is 0. The Bertz CT molecular complexity index is 234. The number of halogens is 3. The molecule has 0 bridgehead atoms. The van der Waals surface area contributed by atoms with Crippen molar-refractivity contribution in [2.24, 2.45) is 0 Å². The first-order valence-corrected chi connectivity index (χ1v) is 12.8. The summed E-state index contributed by atoms with van der Waals surface area (Å²) in [5, 5.41) is 0.651. The summed E-state index contributed by atoms with van der Waals surface area (Å²) in [6, 6.07) is -1.56. The first-order valence-electron chi connectivity index (χ1n) is 7.12. The molecule has 6 heteroatoms. The smallest absolute Gasteiger partial charge is 0.341 e. The van der Waals surface area contributed by atoms with Crippen molar-refractivity contribution < 1.29 is 4.74 Å². The van der Waals surface area contributed by atoms with E-state index in [0.29, 0.717) is 5.05 Å². The lowest BCUT2D eigenvalue weighted by molar-refractivity contribution is 0.297. The van der Waals surface area contributed by atoms with Crippen LogP contribution in [0.15, 0.2) is 0 Å². The van der Waals surface area contributed by atoms with Crippen molar-refractivity contribution in [3.05, 3.63) is 0 Å². The normalized spacial score (nSPS) is 11.6. The fourth-order valence-corrected chi connectivity index (χ4v) is 3.82. The SMILES string of the molecule is CC(=S)OCCCCCCCCCCC[Si](Cl)(Cl)Cl. The summed E-state index contributed by atoms with van der Waals surface area (Å²) in [5.41, 5.74) is 0. The third-order valence-corrected chi connectivity index (χ3v) is 5.65. The molecule has 0 aromatic carbocycles. The average Bonchev–Trinajstić information content (AvgIpc) is 2.28. The fourth-order valence-electron chi connectivity index (χ4n) is 1.88. The number of hydrogen-bond donors (Lipinski definition) is 0. The molecule has 0 heterocycles. The molecule has 0 saturated carbocycles. The topological polar surface area (TPSA) is 9.23 Å². The lowest BCUT2D eigenvalue weighted by atomic mass is 10.1. The fraction of sp³-hybridized carbons (Fsp3) is 0.923. The highest BCUT2D eigenvalue weighted by Gasteiger charge is 2.23. The molecule has 0 rings (SSSR count). The van der Waals surface area contributed by atoms with E-state index < -0.39 is 6.00 Å². The van der Waals surface area contributed by atoms with Crippen molar-refractivity contribution >= 4 is 56.5 Å². The number of ether oxygens (including phenoxy) is 1. The molecule has 0 aliphatic carbocycles. The summed E-state index contributed by atoms with van der Waals surface area (Å²) in [5.74, 6) is 0. The highest BCUT2D eigenvalue weighted by Crippen LogP contribution is 2.27. The zero-order valence-corrected chi connectivity index (χ0v) is 15.8. The van der Waals surface area contributed by atoms with Crippen molar-refractivity contribution in [3.8, 4) is 0 Å². The lowest BCUT2D eigenvalue weighted by Gasteiger charge is -2.07. The summed E-state index contributed by atoms with van der Waals surface area (Å²) in [7, 11) is 0. The first kappa shape index (κ1) is 20.0. The van der Waals surface area contributed by atoms with Gasteiger partial charge < -0.3 is 4.74 Å². The Labute approximate surface area is 138 Å². The van der Waals surface area contributed by atoms with Crippen molar-refractivity contribution in [3.63, 3.8) is 0 Å². The number of rotatable bonds is 12. The molecule has 1 nitrogen and oxygen atoms in total. The van der Waals surface area contributed by atoms with Crippen LogP contribution in [0.1, 0.15) is 64.7 Å². The van der Waals surface area contributed by atoms with Crippen LogP contribution >= 0.6 is 45.5 Å². The monoisotopic (exact) mass is 362 g/mol. The molecule has 0 aliphatic heterocycles. The maximum absolute atomic E-state index is 5.83. The summed E-state index contributed by atoms with van der Waals surface area (Å²) in [6.07, 6.45) is 11.1. The minimum Gasteiger partial charge on any atom is -0.487 e. The van der Waals surface area contributed by atoms with Crippen LogP contribution in [0.4, 0.5) is 0 Å². The molecule has 0 unspecified atom stereocenters. The van der Waals surface area contributed by atoms with Gasteiger partial charge in [0.15, 0.2) is 5.05 Å². The third-order valence-electron chi connectivity index (χ3n) is 2.91. The van der Waals surface area contributed by atoms with Crippen LogP contribution in [0.25, 0.3) is 0 Å². The Morgan fingerprint density at radius 3 is 1.68 bits per heavy atom. The minimum absolute atomic E-state index is 0.651. The van der Waals surface area contributed by atoms with E-state index in [1.165, 1.54) is 44.9 Å². The molecule has 0 fully saturated rings. The van der Waals surface area contributed by atoms with E-state index in [1.54, 1.807) is 0 Å². The first-order chi connectivity index (χ1) is 8.92. The van der Waals surface area contributed by atoms with Crippen LogP contribution in [0.3, 0.4) is 0 Å². The Hall–Kier alpha value is 0.977. The van der Waals surface area contributed by atoms with Gasteiger partial charge >= 0.3 is 6.00 Å². The molecule has 0 saturated heterocycles. The van der Waals surface area contributed by atoms with Crippen molar-refractivity contribution in [2.75, 3.05) is 6.61 Å². The van der Waals surface area contributed by atoms with Crippen molar-refractivity contribution in [2.45, 2.75) is 70.8 Å². The third kappa shape index (κ3) is 19.0. The van der Waals surface area contributed by atoms with Gasteiger partial charge in [-0.25, -0.2) is 0 Å². The summed E-state index contributed by atoms with van der Waals surface area (Å²) in [6.45, 7) is 2.59. The molecule has 0 atom stereocenters. The van der Waals surface area contributed by atoms with Gasteiger partial charge in [0.25, 0.3) is 0 Å². The van der Waals surface area contributed by atoms with Gasteiger partial charge in [-0.05, 0) is 24.7 Å². The Morgan fingerprint density at radius 1 is 0.842 bits per heavy atom. The molecule has 114 valence electrons. The van der Waals surface area contributed by atoms with Crippen LogP contribution in [-0.2, 0) is 4.74 Å². The van der Waals surface area contributed by atoms with Crippen molar-refractivity contribution in [1.29, 1.82) is 0 Å². The van der Waals surface area contributed by atoms with Crippen LogP contribution in [0.2, 0.25) is 6.04 Å². The van der Waals surface area contributed by atoms with E-state index in [0.717, 1.165) is 25.5 Å². The predicted molar refractivity (Wildman–Crippen MR) is 93.9 cm³/mol. The van der Waals surface area contributed by atoms with Crippen molar-refractivity contribution in [1.82, 2.24) is 0 Å². The molecule has 0 spiro atoms. The zero-order valence-electron chi connectivity index (χ0n) is 11.7. The standard InChI is InChI=1S/C13H25Cl3OSSi/c1-13(18)17-11-9-7-5-3-2-4-6-8-10-12-19(14,15)16/h2-12H2,1H3. The second-order valence-corrected chi connectivity index (χ2v) is 14.7. The highest BCUT2D eigenvalue weighted by molar-refractivity contribution is 7.80. The second kappa shape index (κ2) is 12.7. The molecule has 0 N–H and O–H groups in total. The Morgan fingerprint density at radius 2 is 1.26 bits per heavy atom. The van der Waals surface area contributed by atoms with E-state index >= 15 is 0 Å². The van der Waals surface area contributed by atoms with Crippen LogP contribution < -0.4 is 0 Å². The second-order valence-electron chi connectivity index (χ2n) is 4.89. The lowest BCUT2D eigenvalue weighted by Crippen LogP contribution is -2.07. The number of unbranched alkanes of at least 4 members (excludes halogenated alkanes) is 8. The molecule has 0 radical (unpaired) electrons. The van der Waals surface area contributed by atoms with Gasteiger partial charge in [0.2, 0.25) is 0 Å². The molecule has 19 heavy (non-hydrogen) atoms. The highest BCUT2D eigenvalue weighted by atomic mass is 35.8. The molecular weight excluding hydrogens is 339 g/mol. The maximum Gasteiger partial charge on any atom is 0.341 e. The zero-order chi connectivity index (χ0) is 14.6. The quantitative estimate of drug-likeness (QED) is 0.169. The van der Waals surface area contributed by atoms with Crippen LogP contribution in [0.5, 0.6) is 0 Å². The van der Waals surface area contributed by atoms with E-state index in [2.05, 4.69) is 0 Å². The van der Waals surface area contributed by atoms with E-state index in [-0.39, 0.29) is 0 Å². The molecule has 0 amide bonds. The molecule has 0 aromatic heterocycles. The number of hydrogen-bond acceptors (Lipinski definition) is 2. The van der Waals surface area contributed by atoms with Crippen LogP contribution in [0, 0.1) is 0 Å². The minimum atomic E-state index is -2.36. The molecular formula is C13H25Cl3OSSi. The largest absolute Gasteiger partial charge is 0.487 e. The van der Waals surface area contributed by atoms with Crippen LogP contribution in [-0.4, -0.2) is 17.7 Å². The van der Waals surface area contributed by atoms with Gasteiger partial charge in [0.1, 0.15) is 0 Å². The average molecular weight is 364 g/mol. The Balaban J connectivity index is 3.05. The van der Waals surface area contributed by atoms with Gasteiger partial charge in [-0.3, -0.25) is 0 Å². The summed E-state index contributed by atoms with van der Waals surface area (Å²) >= 11 is 22.3. The van der Waals surface area contributed by atoms with E-state index in [4.69, 9.17) is 50.2 Å². The maximum atomic E-state index is 5.83. The van der Waals surface area contributed by atoms with Gasteiger partial charge in [-0.2, -0.15) is 0 Å². The van der Waals surface area contributed by atoms with Gasteiger partial charge in [-0.15, -0.1) is 33.2 Å². The van der Waals surface area contributed by atoms with Gasteiger partial charge in [0, 0.05) is 6.92 Å². The summed E-state index contributed by atoms with van der Waals surface area (Å²) < 4.78 is 5.24. The van der Waals surface area contributed by atoms with Gasteiger partial charge in [-0.1, -0.05) is 51.4 Å². The Kier molecular flexibility index (Phi) is 13.4. The molecule has 0 aliphatic rings. The van der Waals surface area contributed by atoms with E-state index in [1.807, 2.05) is 6.92 Å². The van der Waals surface area contributed by atoms with E-state index in [9.17, 15) is 0 Å². The number of thiocarbonyl (C=S) groups is 1.